The number of piperazine rings is 2. The van der Waals surface area contributed by atoms with E-state index >= 15 is 0 Å². The van der Waals surface area contributed by atoms with Crippen molar-refractivity contribution in [3.05, 3.63) is 104 Å². The number of nitrogens with one attached hydrogen (secondary N) is 1. The zero-order valence-corrected chi connectivity index (χ0v) is 38.9. The summed E-state index contributed by atoms with van der Waals surface area (Å²) < 4.78 is 14.8. The van der Waals surface area contributed by atoms with Crippen molar-refractivity contribution in [1.29, 1.82) is 0 Å². The van der Waals surface area contributed by atoms with E-state index in [4.69, 9.17) is 32.7 Å². The summed E-state index contributed by atoms with van der Waals surface area (Å²) in [5.74, 6) is -0.00366. The molecule has 0 radical (unpaired) electrons. The number of likely N-dealkylation sites (N-methyl/N-ethyl adjacent to an activating group) is 1. The Bertz CT molecular complexity index is 2390. The molecule has 346 valence electrons. The van der Waals surface area contributed by atoms with E-state index in [0.717, 1.165) is 98.3 Å². The van der Waals surface area contributed by atoms with Crippen molar-refractivity contribution >= 4 is 47.2 Å². The van der Waals surface area contributed by atoms with Crippen LogP contribution in [-0.4, -0.2) is 139 Å². The number of amides is 4. The quantitative estimate of drug-likeness (QED) is 0.235. The molecule has 0 spiro atoms. The van der Waals surface area contributed by atoms with Crippen LogP contribution < -0.4 is 5.32 Å². The van der Waals surface area contributed by atoms with Crippen molar-refractivity contribution in [3.8, 4) is 0 Å². The van der Waals surface area contributed by atoms with Gasteiger partial charge in [0.05, 0.1) is 24.5 Å². The molecule has 2 aromatic carbocycles. The van der Waals surface area contributed by atoms with Crippen molar-refractivity contribution in [3.63, 3.8) is 0 Å². The van der Waals surface area contributed by atoms with Gasteiger partial charge in [-0.3, -0.25) is 23.9 Å². The second kappa shape index (κ2) is 19.4. The molecule has 4 amide bonds. The highest BCUT2D eigenvalue weighted by Crippen LogP contribution is 2.30. The van der Waals surface area contributed by atoms with Crippen LogP contribution in [0, 0.1) is 13.8 Å². The molecule has 4 bridgehead atoms. The number of aromatic nitrogens is 4. The van der Waals surface area contributed by atoms with Crippen LogP contribution in [0.5, 0.6) is 0 Å². The van der Waals surface area contributed by atoms with E-state index in [1.807, 2.05) is 75.5 Å². The molecule has 8 aliphatic rings. The fourth-order valence-electron chi connectivity index (χ4n) is 10.2. The predicted molar refractivity (Wildman–Crippen MR) is 244 cm³/mol. The van der Waals surface area contributed by atoms with Crippen LogP contribution in [0.4, 0.5) is 9.59 Å². The topological polar surface area (TPSA) is 151 Å². The molecule has 0 saturated carbocycles. The highest BCUT2D eigenvalue weighted by Gasteiger charge is 2.41. The predicted octanol–water partition coefficient (Wildman–Crippen LogP) is 6.27. The van der Waals surface area contributed by atoms with Gasteiger partial charge in [0, 0.05) is 86.6 Å². The summed E-state index contributed by atoms with van der Waals surface area (Å²) in [6.45, 7) is 10.8. The molecular formula is C47H58Cl2N10O6. The first-order valence-electron chi connectivity index (χ1n) is 22.9. The van der Waals surface area contributed by atoms with Gasteiger partial charge in [0.2, 0.25) is 0 Å². The Morgan fingerprint density at radius 3 is 1.57 bits per heavy atom. The van der Waals surface area contributed by atoms with Crippen LogP contribution in [0.2, 0.25) is 10.0 Å². The highest BCUT2D eigenvalue weighted by molar-refractivity contribution is 6.31. The van der Waals surface area contributed by atoms with Gasteiger partial charge >= 0.3 is 12.2 Å². The monoisotopic (exact) mass is 928 g/mol. The summed E-state index contributed by atoms with van der Waals surface area (Å²) in [7, 11) is 2.14. The molecule has 8 aliphatic heterocycles. The van der Waals surface area contributed by atoms with Crippen LogP contribution in [0.25, 0.3) is 0 Å². The molecule has 6 fully saturated rings. The third-order valence-corrected chi connectivity index (χ3v) is 14.0. The second-order valence-corrected chi connectivity index (χ2v) is 19.4. The third-order valence-electron chi connectivity index (χ3n) is 13.6. The summed E-state index contributed by atoms with van der Waals surface area (Å²) in [6.07, 6.45) is 5.15. The average Bonchev–Trinajstić information content (AvgIpc) is 3.75. The van der Waals surface area contributed by atoms with Gasteiger partial charge < -0.3 is 34.4 Å². The van der Waals surface area contributed by atoms with E-state index in [1.54, 1.807) is 15.9 Å². The molecule has 4 atom stereocenters. The van der Waals surface area contributed by atoms with E-state index in [2.05, 4.69) is 27.5 Å². The van der Waals surface area contributed by atoms with Gasteiger partial charge in [0.25, 0.3) is 11.8 Å². The number of benzene rings is 2. The van der Waals surface area contributed by atoms with E-state index in [1.165, 1.54) is 0 Å². The lowest BCUT2D eigenvalue weighted by molar-refractivity contribution is -0.000505. The van der Waals surface area contributed by atoms with E-state index in [9.17, 15) is 19.2 Å². The summed E-state index contributed by atoms with van der Waals surface area (Å²) in [5, 5.41) is 13.9. The van der Waals surface area contributed by atoms with Crippen molar-refractivity contribution < 1.29 is 28.7 Å². The minimum absolute atomic E-state index is 0.00354. The number of halogens is 2. The molecule has 1 N–H and O–H groups in total. The molecule has 12 rings (SSSR count). The highest BCUT2D eigenvalue weighted by atomic mass is 35.5. The molecule has 65 heavy (non-hydrogen) atoms. The number of piperidine rings is 4. The van der Waals surface area contributed by atoms with Gasteiger partial charge in [0.1, 0.15) is 13.2 Å². The lowest BCUT2D eigenvalue weighted by Gasteiger charge is -2.50. The number of carbonyl (C=O) groups is 4. The van der Waals surface area contributed by atoms with Crippen molar-refractivity contribution in [2.75, 3.05) is 46.3 Å². The summed E-state index contributed by atoms with van der Waals surface area (Å²) in [5.41, 5.74) is 6.45. The maximum atomic E-state index is 13.2. The first kappa shape index (κ1) is 45.0. The van der Waals surface area contributed by atoms with Gasteiger partial charge in [0.15, 0.2) is 11.4 Å². The van der Waals surface area contributed by atoms with Crippen LogP contribution in [0.15, 0.2) is 48.5 Å². The van der Waals surface area contributed by atoms with Gasteiger partial charge in [-0.05, 0) is 118 Å². The van der Waals surface area contributed by atoms with Gasteiger partial charge in [-0.2, -0.15) is 10.2 Å². The van der Waals surface area contributed by atoms with E-state index in [0.29, 0.717) is 72.8 Å². The van der Waals surface area contributed by atoms with Gasteiger partial charge in [-0.1, -0.05) is 35.3 Å². The molecule has 4 unspecified atom stereocenters. The number of ether oxygens (including phenoxy) is 2. The summed E-state index contributed by atoms with van der Waals surface area (Å²) >= 11 is 12.2. The number of aryl methyl sites for hydroxylation is 4. The molecule has 6 saturated heterocycles. The fraction of sp³-hybridized carbons (Fsp3) is 0.532. The van der Waals surface area contributed by atoms with Gasteiger partial charge in [-0.25, -0.2) is 9.59 Å². The first-order valence-corrected chi connectivity index (χ1v) is 23.6. The maximum Gasteiger partial charge on any atom is 0.410 e. The Morgan fingerprint density at radius 1 is 0.631 bits per heavy atom. The third kappa shape index (κ3) is 10.3. The average molecular weight is 930 g/mol. The molecule has 4 aromatic rings. The molecule has 2 aromatic heterocycles. The molecular weight excluding hydrogens is 871 g/mol. The molecule has 10 heterocycles. The Hall–Kier alpha value is -5.16. The number of hydrogen-bond donors (Lipinski definition) is 1. The number of fused-ring (bicyclic) bond motifs is 8. The minimum atomic E-state index is -0.371. The van der Waals surface area contributed by atoms with E-state index in [-0.39, 0.29) is 49.3 Å². The van der Waals surface area contributed by atoms with E-state index < -0.39 is 0 Å². The largest absolute Gasteiger partial charge is 0.445 e. The standard InChI is InChI=1S/C24H30ClN5O3.C23H28ClN5O3/c1-16-8-17(10-18(25)9-16)15-33-24(32)28-6-3-7-30-21(13-28)11-22(26-30)23(31)29-14-19-4-5-20(29)12-27(19)2;1-15-7-16(9-17(24)8-15)14-32-23(31)27-5-2-6-29-20(13-27)10-21(26-29)22(30)28-12-18-3-4-19(28)11-25-18/h8-11,19-20H,3-7,12-15H2,1-2H3;7-10,18-19,25H,2-6,11-14H2,1H3. The fourth-order valence-corrected chi connectivity index (χ4v) is 10.9. The van der Waals surface area contributed by atoms with Crippen LogP contribution >= 0.6 is 23.2 Å². The summed E-state index contributed by atoms with van der Waals surface area (Å²) in [4.78, 5) is 61.6. The lowest BCUT2D eigenvalue weighted by Crippen LogP contribution is -2.62. The van der Waals surface area contributed by atoms with Crippen molar-refractivity contribution in [2.45, 2.75) is 116 Å². The van der Waals surface area contributed by atoms with Crippen molar-refractivity contribution in [2.24, 2.45) is 0 Å². The minimum Gasteiger partial charge on any atom is -0.445 e. The Kier molecular flexibility index (Phi) is 13.4. The lowest BCUT2D eigenvalue weighted by atomic mass is 9.91. The van der Waals surface area contributed by atoms with Crippen molar-refractivity contribution in [1.82, 2.24) is 49.4 Å². The first-order chi connectivity index (χ1) is 31.3. The number of carbonyl (C=O) groups excluding carboxylic acids is 4. The molecule has 16 nitrogen and oxygen atoms in total. The number of nitrogens with zero attached hydrogens (tertiary/aromatic N) is 9. The van der Waals surface area contributed by atoms with Crippen LogP contribution in [0.3, 0.4) is 0 Å². The second-order valence-electron chi connectivity index (χ2n) is 18.5. The Morgan fingerprint density at radius 2 is 1.14 bits per heavy atom. The van der Waals surface area contributed by atoms with Gasteiger partial charge in [-0.15, -0.1) is 0 Å². The number of rotatable bonds is 6. The number of hydrogen-bond acceptors (Lipinski definition) is 10. The normalized spacial score (nSPS) is 22.6. The molecule has 0 aliphatic carbocycles. The Balaban J connectivity index is 0.000000164. The molecule has 18 heteroatoms. The SMILES string of the molecule is Cc1cc(Cl)cc(COC(=O)N2CCCn3nc(C(=O)N4CC5CCC4CN5)cc3C2)c1.Cc1cc(Cl)cc(COC(=O)N2CCCn3nc(C(=O)N4CC5CCC4CN5C)cc3C2)c1. The zero-order valence-electron chi connectivity index (χ0n) is 37.4. The maximum absolute atomic E-state index is 13.2. The van der Waals surface area contributed by atoms with Crippen LogP contribution in [0.1, 0.15) is 93.1 Å². The smallest absolute Gasteiger partial charge is 0.410 e. The summed E-state index contributed by atoms with van der Waals surface area (Å²) in [6, 6.07) is 16.3. The Labute approximate surface area is 389 Å². The zero-order chi connectivity index (χ0) is 45.4. The van der Waals surface area contributed by atoms with Crippen LogP contribution in [-0.2, 0) is 48.9 Å².